The van der Waals surface area contributed by atoms with Crippen LogP contribution in [-0.2, 0) is 11.3 Å². The summed E-state index contributed by atoms with van der Waals surface area (Å²) in [4.78, 5) is 12.1. The van der Waals surface area contributed by atoms with E-state index in [1.165, 1.54) is 6.42 Å². The van der Waals surface area contributed by atoms with Gasteiger partial charge in [-0.3, -0.25) is 10.2 Å². The van der Waals surface area contributed by atoms with Gasteiger partial charge in [0.2, 0.25) is 0 Å². The predicted molar refractivity (Wildman–Crippen MR) is 79.3 cm³/mol. The van der Waals surface area contributed by atoms with Gasteiger partial charge < -0.3 is 4.74 Å². The molecule has 0 atom stereocenters. The molecule has 1 aromatic carbocycles. The Morgan fingerprint density at radius 2 is 1.85 bits per heavy atom. The molecule has 1 amide bonds. The van der Waals surface area contributed by atoms with Crippen molar-refractivity contribution in [3.05, 3.63) is 35.4 Å². The Balaban J connectivity index is 1.86. The number of carbonyl (C=O) groups is 1. The number of hydrazine groups is 1. The molecule has 0 radical (unpaired) electrons. The number of amides is 1. The van der Waals surface area contributed by atoms with Gasteiger partial charge in [0.1, 0.15) is 0 Å². The molecule has 4 nitrogen and oxygen atoms in total. The number of nitrogens with one attached hydrogen (secondary N) is 1. The number of carbonyl (C=O) groups excluding carboxylic acids is 1. The van der Waals surface area contributed by atoms with Gasteiger partial charge in [-0.15, -0.1) is 0 Å². The highest BCUT2D eigenvalue weighted by Crippen LogP contribution is 2.09. The topological polar surface area (TPSA) is 41.6 Å². The van der Waals surface area contributed by atoms with Crippen LogP contribution in [0.3, 0.4) is 0 Å². The van der Waals surface area contributed by atoms with Crippen molar-refractivity contribution in [3.8, 4) is 0 Å². The molecule has 1 aromatic rings. The smallest absolute Gasteiger partial charge is 0.265 e. The van der Waals surface area contributed by atoms with Crippen molar-refractivity contribution in [2.24, 2.45) is 0 Å². The summed E-state index contributed by atoms with van der Waals surface area (Å²) in [5.41, 5.74) is 4.76. The molecule has 0 aliphatic carbocycles. The molecule has 0 spiro atoms. The van der Waals surface area contributed by atoms with Gasteiger partial charge in [0, 0.05) is 18.7 Å². The largest absolute Gasteiger partial charge is 0.374 e. The molecule has 110 valence electrons. The highest BCUT2D eigenvalue weighted by molar-refractivity contribution is 5.93. The summed E-state index contributed by atoms with van der Waals surface area (Å²) in [5, 5.41) is 2.02. The van der Waals surface area contributed by atoms with Crippen molar-refractivity contribution in [3.63, 3.8) is 0 Å². The van der Waals surface area contributed by atoms with Crippen LogP contribution in [0.1, 0.15) is 49.0 Å². The lowest BCUT2D eigenvalue weighted by Crippen LogP contribution is -2.45. The van der Waals surface area contributed by atoms with E-state index >= 15 is 0 Å². The normalized spacial score (nSPS) is 16.4. The summed E-state index contributed by atoms with van der Waals surface area (Å²) in [6.07, 6.45) is 3.80. The van der Waals surface area contributed by atoms with Crippen LogP contribution < -0.4 is 5.43 Å². The lowest BCUT2D eigenvalue weighted by atomic mass is 10.1. The van der Waals surface area contributed by atoms with Crippen molar-refractivity contribution in [2.75, 3.05) is 13.1 Å². The van der Waals surface area contributed by atoms with Gasteiger partial charge in [0.15, 0.2) is 0 Å². The summed E-state index contributed by atoms with van der Waals surface area (Å²) >= 11 is 0. The molecule has 1 heterocycles. The molecule has 0 saturated carbocycles. The standard InChI is InChI=1S/C16H24N2O2/c1-13(2)20-12-14-6-8-15(9-7-14)16(19)17-18-10-4-3-5-11-18/h6-9,13H,3-5,10-12H2,1-2H3,(H,17,19). The van der Waals surface area contributed by atoms with Gasteiger partial charge in [-0.1, -0.05) is 18.6 Å². The fourth-order valence-corrected chi connectivity index (χ4v) is 2.23. The minimum absolute atomic E-state index is 0.0248. The van der Waals surface area contributed by atoms with Crippen molar-refractivity contribution < 1.29 is 9.53 Å². The number of ether oxygens (including phenoxy) is 1. The van der Waals surface area contributed by atoms with Crippen molar-refractivity contribution in [1.82, 2.24) is 10.4 Å². The van der Waals surface area contributed by atoms with Crippen LogP contribution >= 0.6 is 0 Å². The van der Waals surface area contributed by atoms with Crippen molar-refractivity contribution in [1.29, 1.82) is 0 Å². The van der Waals surface area contributed by atoms with Gasteiger partial charge in [-0.2, -0.15) is 0 Å². The molecule has 4 heteroatoms. The Bertz CT molecular complexity index is 423. The Hall–Kier alpha value is -1.39. The number of hydrogen-bond donors (Lipinski definition) is 1. The van der Waals surface area contributed by atoms with E-state index in [-0.39, 0.29) is 12.0 Å². The zero-order valence-corrected chi connectivity index (χ0v) is 12.4. The second-order valence-corrected chi connectivity index (χ2v) is 5.55. The van der Waals surface area contributed by atoms with Crippen LogP contribution in [0, 0.1) is 0 Å². The van der Waals surface area contributed by atoms with Crippen LogP contribution in [0.4, 0.5) is 0 Å². The van der Waals surface area contributed by atoms with Gasteiger partial charge in [0.05, 0.1) is 12.7 Å². The molecule has 2 rings (SSSR count). The molecule has 20 heavy (non-hydrogen) atoms. The van der Waals surface area contributed by atoms with E-state index < -0.39 is 0 Å². The average molecular weight is 276 g/mol. The van der Waals surface area contributed by atoms with Crippen LogP contribution in [0.25, 0.3) is 0 Å². The molecular weight excluding hydrogens is 252 g/mol. The van der Waals surface area contributed by atoms with E-state index in [1.54, 1.807) is 0 Å². The lowest BCUT2D eigenvalue weighted by molar-refractivity contribution is 0.0656. The highest BCUT2D eigenvalue weighted by Gasteiger charge is 2.13. The van der Waals surface area contributed by atoms with Gasteiger partial charge in [0.25, 0.3) is 5.91 Å². The van der Waals surface area contributed by atoms with E-state index in [4.69, 9.17) is 4.74 Å². The van der Waals surface area contributed by atoms with E-state index in [0.29, 0.717) is 12.2 Å². The monoisotopic (exact) mass is 276 g/mol. The molecule has 0 aromatic heterocycles. The second kappa shape index (κ2) is 7.41. The summed E-state index contributed by atoms with van der Waals surface area (Å²) in [5.74, 6) is -0.0248. The lowest BCUT2D eigenvalue weighted by Gasteiger charge is -2.26. The predicted octanol–water partition coefficient (Wildman–Crippen LogP) is 2.74. The second-order valence-electron chi connectivity index (χ2n) is 5.55. The maximum Gasteiger partial charge on any atom is 0.265 e. The van der Waals surface area contributed by atoms with Gasteiger partial charge in [-0.25, -0.2) is 5.01 Å². The first-order valence-corrected chi connectivity index (χ1v) is 7.41. The molecule has 1 saturated heterocycles. The Morgan fingerprint density at radius 1 is 1.20 bits per heavy atom. The van der Waals surface area contributed by atoms with Crippen molar-refractivity contribution in [2.45, 2.75) is 45.8 Å². The molecule has 1 aliphatic rings. The maximum absolute atomic E-state index is 12.1. The first kappa shape index (κ1) is 15.0. The highest BCUT2D eigenvalue weighted by atomic mass is 16.5. The summed E-state index contributed by atoms with van der Waals surface area (Å²) in [7, 11) is 0. The zero-order valence-electron chi connectivity index (χ0n) is 12.4. The number of nitrogens with zero attached hydrogens (tertiary/aromatic N) is 1. The summed E-state index contributed by atoms with van der Waals surface area (Å²) in [6, 6.07) is 7.62. The Kier molecular flexibility index (Phi) is 5.56. The quantitative estimate of drug-likeness (QED) is 0.899. The maximum atomic E-state index is 12.1. The molecule has 1 aliphatic heterocycles. The van der Waals surface area contributed by atoms with E-state index in [1.807, 2.05) is 43.1 Å². The fraction of sp³-hybridized carbons (Fsp3) is 0.562. The first-order valence-electron chi connectivity index (χ1n) is 7.41. The molecular formula is C16H24N2O2. The molecule has 0 bridgehead atoms. The van der Waals surface area contributed by atoms with Crippen LogP contribution in [0.5, 0.6) is 0 Å². The van der Waals surface area contributed by atoms with E-state index in [9.17, 15) is 4.79 Å². The van der Waals surface area contributed by atoms with Crippen LogP contribution in [-0.4, -0.2) is 30.1 Å². The third-order valence-corrected chi connectivity index (χ3v) is 3.42. The molecule has 1 N–H and O–H groups in total. The fourth-order valence-electron chi connectivity index (χ4n) is 2.23. The minimum atomic E-state index is -0.0248. The molecule has 1 fully saturated rings. The molecule has 0 unspecified atom stereocenters. The first-order chi connectivity index (χ1) is 9.65. The minimum Gasteiger partial charge on any atom is -0.374 e. The van der Waals surface area contributed by atoms with Crippen LogP contribution in [0.15, 0.2) is 24.3 Å². The summed E-state index contributed by atoms with van der Waals surface area (Å²) < 4.78 is 5.54. The zero-order chi connectivity index (χ0) is 14.4. The van der Waals surface area contributed by atoms with Gasteiger partial charge >= 0.3 is 0 Å². The third-order valence-electron chi connectivity index (χ3n) is 3.42. The summed E-state index contributed by atoms with van der Waals surface area (Å²) in [6.45, 7) is 6.52. The Morgan fingerprint density at radius 3 is 2.45 bits per heavy atom. The number of hydrogen-bond acceptors (Lipinski definition) is 3. The Labute approximate surface area is 121 Å². The third kappa shape index (κ3) is 4.62. The number of piperidine rings is 1. The van der Waals surface area contributed by atoms with Gasteiger partial charge in [-0.05, 0) is 44.4 Å². The van der Waals surface area contributed by atoms with Crippen molar-refractivity contribution >= 4 is 5.91 Å². The number of rotatable bonds is 5. The van der Waals surface area contributed by atoms with E-state index in [2.05, 4.69) is 5.43 Å². The number of benzene rings is 1. The van der Waals surface area contributed by atoms with Crippen LogP contribution in [0.2, 0.25) is 0 Å². The van der Waals surface area contributed by atoms with E-state index in [0.717, 1.165) is 31.5 Å². The average Bonchev–Trinajstić information content (AvgIpc) is 2.46. The SMILES string of the molecule is CC(C)OCc1ccc(C(=O)NN2CCCCC2)cc1.